The quantitative estimate of drug-likeness (QED) is 0.189. The van der Waals surface area contributed by atoms with Gasteiger partial charge in [-0.3, -0.25) is 9.59 Å². The number of amides is 3. The van der Waals surface area contributed by atoms with Gasteiger partial charge in [0, 0.05) is 25.8 Å². The molecule has 4 N–H and O–H groups in total. The molecule has 2 aromatic rings. The van der Waals surface area contributed by atoms with Crippen LogP contribution in [0.2, 0.25) is 0 Å². The zero-order valence-corrected chi connectivity index (χ0v) is 25.1. The number of fused-ring (bicyclic) bond motifs is 3. The van der Waals surface area contributed by atoms with Crippen LogP contribution in [0.4, 0.5) is 4.79 Å². The highest BCUT2D eigenvalue weighted by atomic mass is 16.6. The first-order valence-electron chi connectivity index (χ1n) is 14.5. The molecular weight excluding hydrogens is 554 g/mol. The van der Waals surface area contributed by atoms with Gasteiger partial charge in [0.15, 0.2) is 0 Å². The number of alkyl carbamates (subject to hydrolysis) is 1. The number of carbonyl (C=O) groups is 5. The van der Waals surface area contributed by atoms with Crippen LogP contribution >= 0.6 is 0 Å². The Morgan fingerprint density at radius 2 is 1.47 bits per heavy atom. The van der Waals surface area contributed by atoms with Crippen LogP contribution < -0.4 is 16.0 Å². The molecule has 0 bridgehead atoms. The predicted molar refractivity (Wildman–Crippen MR) is 159 cm³/mol. The average molecular weight is 596 g/mol. The third-order valence-electron chi connectivity index (χ3n) is 6.90. The van der Waals surface area contributed by atoms with Gasteiger partial charge in [-0.1, -0.05) is 48.5 Å². The first-order valence-corrected chi connectivity index (χ1v) is 14.5. The number of hydrogen-bond donors (Lipinski definition) is 4. The average Bonchev–Trinajstić information content (AvgIpc) is 3.25. The Kier molecular flexibility index (Phi) is 11.7. The molecule has 3 amide bonds. The molecule has 0 spiro atoms. The fraction of sp³-hybridized carbons (Fsp3) is 0.469. The SMILES string of the molecule is CC(=O)NC(CCC(=O)NCCCCC(NC(=O)OCC1c2ccccc2-c2ccccc21)C(=O)O)C(=O)OC(C)(C)C. The number of ether oxygens (including phenoxy) is 2. The number of carbonyl (C=O) groups excluding carboxylic acids is 4. The Morgan fingerprint density at radius 3 is 2.02 bits per heavy atom. The molecule has 2 atom stereocenters. The van der Waals surface area contributed by atoms with Crippen LogP contribution in [-0.2, 0) is 28.7 Å². The second-order valence-corrected chi connectivity index (χ2v) is 11.5. The summed E-state index contributed by atoms with van der Waals surface area (Å²) in [4.78, 5) is 60.4. The highest BCUT2D eigenvalue weighted by molar-refractivity contribution is 5.84. The van der Waals surface area contributed by atoms with E-state index >= 15 is 0 Å². The summed E-state index contributed by atoms with van der Waals surface area (Å²) in [5.74, 6) is -2.65. The molecule has 1 aliphatic carbocycles. The van der Waals surface area contributed by atoms with E-state index in [1.54, 1.807) is 20.8 Å². The molecule has 0 radical (unpaired) electrons. The van der Waals surface area contributed by atoms with Gasteiger partial charge in [-0.25, -0.2) is 14.4 Å². The molecule has 2 aromatic carbocycles. The van der Waals surface area contributed by atoms with Crippen LogP contribution in [0.3, 0.4) is 0 Å². The highest BCUT2D eigenvalue weighted by Crippen LogP contribution is 2.44. The van der Waals surface area contributed by atoms with Gasteiger partial charge >= 0.3 is 18.0 Å². The number of nitrogens with one attached hydrogen (secondary N) is 3. The van der Waals surface area contributed by atoms with Crippen LogP contribution in [0.5, 0.6) is 0 Å². The van der Waals surface area contributed by atoms with Crippen molar-refractivity contribution >= 4 is 29.8 Å². The van der Waals surface area contributed by atoms with Gasteiger partial charge in [-0.2, -0.15) is 0 Å². The second kappa shape index (κ2) is 15.2. The number of carboxylic acid groups (broad SMARTS) is 1. The number of unbranched alkanes of at least 4 members (excludes halogenated alkanes) is 1. The van der Waals surface area contributed by atoms with Crippen molar-refractivity contribution in [2.45, 2.75) is 83.4 Å². The van der Waals surface area contributed by atoms with Crippen LogP contribution in [0.1, 0.15) is 76.8 Å². The molecule has 0 fully saturated rings. The number of carboxylic acids is 1. The van der Waals surface area contributed by atoms with Gasteiger partial charge < -0.3 is 30.5 Å². The highest BCUT2D eigenvalue weighted by Gasteiger charge is 2.30. The lowest BCUT2D eigenvalue weighted by Gasteiger charge is -2.24. The third kappa shape index (κ3) is 10.1. The Balaban J connectivity index is 1.39. The molecule has 0 aliphatic heterocycles. The maximum atomic E-state index is 12.5. The van der Waals surface area contributed by atoms with E-state index in [0.29, 0.717) is 12.8 Å². The van der Waals surface area contributed by atoms with Crippen LogP contribution in [0.25, 0.3) is 11.1 Å². The minimum Gasteiger partial charge on any atom is -0.480 e. The lowest BCUT2D eigenvalue weighted by Crippen LogP contribution is -2.44. The number of esters is 1. The molecule has 43 heavy (non-hydrogen) atoms. The normalized spacial score (nSPS) is 13.6. The van der Waals surface area contributed by atoms with Crippen molar-refractivity contribution in [3.05, 3.63) is 59.7 Å². The standard InChI is InChI=1S/C32H41N3O8/c1-20(36)34-27(30(40)43-32(2,3)4)16-17-28(37)33-18-10-9-15-26(29(38)39)35-31(41)42-19-25-23-13-7-5-11-21(23)22-12-6-8-14-24(22)25/h5-8,11-14,25-27H,9-10,15-19H2,1-4H3,(H,33,37)(H,34,36)(H,35,41)(H,38,39). The van der Waals surface area contributed by atoms with Gasteiger partial charge in [-0.05, 0) is 68.7 Å². The van der Waals surface area contributed by atoms with Crippen molar-refractivity contribution in [3.63, 3.8) is 0 Å². The van der Waals surface area contributed by atoms with Crippen molar-refractivity contribution in [1.29, 1.82) is 0 Å². The molecule has 0 saturated heterocycles. The van der Waals surface area contributed by atoms with E-state index in [2.05, 4.69) is 16.0 Å². The monoisotopic (exact) mass is 595 g/mol. The summed E-state index contributed by atoms with van der Waals surface area (Å²) in [7, 11) is 0. The molecule has 3 rings (SSSR count). The summed E-state index contributed by atoms with van der Waals surface area (Å²) < 4.78 is 10.8. The van der Waals surface area contributed by atoms with E-state index in [9.17, 15) is 29.1 Å². The molecule has 11 heteroatoms. The summed E-state index contributed by atoms with van der Waals surface area (Å²) in [6.45, 7) is 6.78. The maximum absolute atomic E-state index is 12.5. The molecule has 0 heterocycles. The van der Waals surface area contributed by atoms with E-state index in [1.807, 2.05) is 48.5 Å². The van der Waals surface area contributed by atoms with E-state index in [4.69, 9.17) is 9.47 Å². The molecule has 232 valence electrons. The van der Waals surface area contributed by atoms with Crippen molar-refractivity contribution in [2.24, 2.45) is 0 Å². The topological polar surface area (TPSA) is 160 Å². The number of aliphatic carboxylic acids is 1. The van der Waals surface area contributed by atoms with Crippen LogP contribution in [0, 0.1) is 0 Å². The smallest absolute Gasteiger partial charge is 0.407 e. The van der Waals surface area contributed by atoms with Crippen molar-refractivity contribution in [2.75, 3.05) is 13.2 Å². The van der Waals surface area contributed by atoms with E-state index < -0.39 is 41.6 Å². The number of rotatable bonds is 14. The van der Waals surface area contributed by atoms with E-state index in [-0.39, 0.29) is 44.2 Å². The molecular formula is C32H41N3O8. The summed E-state index contributed by atoms with van der Waals surface area (Å²) in [6.07, 6.45) is 0.313. The zero-order chi connectivity index (χ0) is 31.6. The minimum atomic E-state index is -1.18. The number of benzene rings is 2. The largest absolute Gasteiger partial charge is 0.480 e. The summed E-state index contributed by atoms with van der Waals surface area (Å²) in [6, 6.07) is 13.8. The minimum absolute atomic E-state index is 0.00865. The third-order valence-corrected chi connectivity index (χ3v) is 6.90. The first kappa shape index (κ1) is 33.1. The molecule has 11 nitrogen and oxygen atoms in total. The summed E-state index contributed by atoms with van der Waals surface area (Å²) >= 11 is 0. The fourth-order valence-electron chi connectivity index (χ4n) is 4.97. The Labute approximate surface area is 251 Å². The summed E-state index contributed by atoms with van der Waals surface area (Å²) in [5.41, 5.74) is 3.58. The van der Waals surface area contributed by atoms with Gasteiger partial charge in [-0.15, -0.1) is 0 Å². The van der Waals surface area contributed by atoms with Crippen molar-refractivity contribution < 1.29 is 38.6 Å². The lowest BCUT2D eigenvalue weighted by molar-refractivity contribution is -0.158. The van der Waals surface area contributed by atoms with Gasteiger partial charge in [0.05, 0.1) is 0 Å². The maximum Gasteiger partial charge on any atom is 0.407 e. The molecule has 0 saturated carbocycles. The van der Waals surface area contributed by atoms with Gasteiger partial charge in [0.25, 0.3) is 0 Å². The molecule has 1 aliphatic rings. The van der Waals surface area contributed by atoms with Crippen molar-refractivity contribution in [3.8, 4) is 11.1 Å². The fourth-order valence-corrected chi connectivity index (χ4v) is 4.97. The van der Waals surface area contributed by atoms with Gasteiger partial charge in [0.2, 0.25) is 11.8 Å². The summed E-state index contributed by atoms with van der Waals surface area (Å²) in [5, 5.41) is 17.3. The van der Waals surface area contributed by atoms with Gasteiger partial charge in [0.1, 0.15) is 24.3 Å². The zero-order valence-electron chi connectivity index (χ0n) is 25.1. The molecule has 2 unspecified atom stereocenters. The van der Waals surface area contributed by atoms with E-state index in [1.165, 1.54) is 6.92 Å². The van der Waals surface area contributed by atoms with Crippen LogP contribution in [-0.4, -0.2) is 65.8 Å². The lowest BCUT2D eigenvalue weighted by atomic mass is 9.98. The Hall–Kier alpha value is -4.41. The predicted octanol–water partition coefficient (Wildman–Crippen LogP) is 3.89. The Bertz CT molecular complexity index is 1270. The van der Waals surface area contributed by atoms with E-state index in [0.717, 1.165) is 22.3 Å². The Morgan fingerprint density at radius 1 is 0.860 bits per heavy atom. The second-order valence-electron chi connectivity index (χ2n) is 11.5. The number of hydrogen-bond acceptors (Lipinski definition) is 7. The first-order chi connectivity index (χ1) is 20.4. The molecule has 0 aromatic heterocycles. The van der Waals surface area contributed by atoms with Crippen LogP contribution in [0.15, 0.2) is 48.5 Å². The van der Waals surface area contributed by atoms with Crippen molar-refractivity contribution in [1.82, 2.24) is 16.0 Å².